The zero-order chi connectivity index (χ0) is 9.45. The number of hydrogen-bond acceptors (Lipinski definition) is 4. The first-order valence-electron chi connectivity index (χ1n) is 4.39. The highest BCUT2D eigenvalue weighted by molar-refractivity contribution is 6.59. The fourth-order valence-electron chi connectivity index (χ4n) is 0.963. The molecule has 0 aromatic rings. The molecule has 0 saturated heterocycles. The van der Waals surface area contributed by atoms with Gasteiger partial charge in [0.25, 0.3) is 0 Å². The van der Waals surface area contributed by atoms with E-state index in [2.05, 4.69) is 0 Å². The first-order valence-corrected chi connectivity index (χ1v) is 6.36. The predicted octanol–water partition coefficient (Wildman–Crippen LogP) is 0.339. The van der Waals surface area contributed by atoms with Crippen molar-refractivity contribution in [2.24, 2.45) is 5.73 Å². The first kappa shape index (κ1) is 12.1. The Labute approximate surface area is 75.0 Å². The summed E-state index contributed by atoms with van der Waals surface area (Å²) in [6.45, 7) is 5.24. The molecular formula is C7H19NO3Si. The molecule has 0 aliphatic carbocycles. The topological polar surface area (TPSA) is 64.7 Å². The predicted molar refractivity (Wildman–Crippen MR) is 49.7 cm³/mol. The summed E-state index contributed by atoms with van der Waals surface area (Å²) < 4.78 is 10.4. The Morgan fingerprint density at radius 2 is 1.75 bits per heavy atom. The molecule has 0 saturated carbocycles. The highest BCUT2D eigenvalue weighted by Crippen LogP contribution is 2.11. The van der Waals surface area contributed by atoms with Gasteiger partial charge < -0.3 is 19.4 Å². The molecule has 0 aromatic heterocycles. The molecule has 0 aromatic carbocycles. The molecule has 12 heavy (non-hydrogen) atoms. The summed E-state index contributed by atoms with van der Waals surface area (Å²) in [6, 6.07) is 0.561. The van der Waals surface area contributed by atoms with Crippen LogP contribution in [0, 0.1) is 0 Å². The molecule has 0 fully saturated rings. The maximum absolute atomic E-state index is 9.78. The van der Waals surface area contributed by atoms with Crippen molar-refractivity contribution in [3.05, 3.63) is 0 Å². The van der Waals surface area contributed by atoms with Crippen molar-refractivity contribution in [2.45, 2.75) is 26.3 Å². The van der Waals surface area contributed by atoms with Crippen LogP contribution >= 0.6 is 0 Å². The van der Waals surface area contributed by atoms with Crippen LogP contribution in [0.3, 0.4) is 0 Å². The Hall–Kier alpha value is 0.0569. The summed E-state index contributed by atoms with van der Waals surface area (Å²) in [5.41, 5.74) is 5.33. The van der Waals surface area contributed by atoms with Crippen molar-refractivity contribution in [3.8, 4) is 0 Å². The third-order valence-electron chi connectivity index (χ3n) is 1.44. The quantitative estimate of drug-likeness (QED) is 0.572. The van der Waals surface area contributed by atoms with Crippen molar-refractivity contribution in [3.63, 3.8) is 0 Å². The molecule has 5 heteroatoms. The van der Waals surface area contributed by atoms with Crippen LogP contribution in [0.2, 0.25) is 6.04 Å². The maximum atomic E-state index is 9.78. The smallest absolute Gasteiger partial charge is 0.390 e. The summed E-state index contributed by atoms with van der Waals surface area (Å²) in [7, 11) is -2.85. The normalized spacial score (nSPS) is 12.0. The van der Waals surface area contributed by atoms with E-state index >= 15 is 0 Å². The molecule has 0 heterocycles. The fourth-order valence-corrected chi connectivity index (χ4v) is 2.89. The molecule has 0 rings (SSSR count). The van der Waals surface area contributed by atoms with E-state index in [0.29, 0.717) is 25.8 Å². The van der Waals surface area contributed by atoms with Crippen molar-refractivity contribution < 1.29 is 13.6 Å². The largest absolute Gasteiger partial charge is 0.498 e. The molecule has 0 radical (unpaired) electrons. The second kappa shape index (κ2) is 6.56. The zero-order valence-corrected chi connectivity index (χ0v) is 8.88. The van der Waals surface area contributed by atoms with Crippen molar-refractivity contribution in [1.82, 2.24) is 0 Å². The van der Waals surface area contributed by atoms with Crippen LogP contribution in [0.15, 0.2) is 0 Å². The zero-order valence-electron chi connectivity index (χ0n) is 7.88. The molecule has 0 aliphatic heterocycles. The van der Waals surface area contributed by atoms with E-state index in [0.717, 1.165) is 6.42 Å². The average molecular weight is 193 g/mol. The lowest BCUT2D eigenvalue weighted by atomic mass is 10.5. The van der Waals surface area contributed by atoms with Gasteiger partial charge in [-0.25, -0.2) is 0 Å². The van der Waals surface area contributed by atoms with Gasteiger partial charge in [0.1, 0.15) is 0 Å². The van der Waals surface area contributed by atoms with Crippen LogP contribution in [-0.4, -0.2) is 33.4 Å². The van der Waals surface area contributed by atoms with Crippen LogP contribution in [0.4, 0.5) is 0 Å². The van der Waals surface area contributed by atoms with E-state index in [9.17, 15) is 4.80 Å². The third kappa shape index (κ3) is 4.84. The van der Waals surface area contributed by atoms with E-state index in [1.807, 2.05) is 13.8 Å². The minimum atomic E-state index is -2.85. The molecular weight excluding hydrogens is 174 g/mol. The second-order valence-electron chi connectivity index (χ2n) is 2.47. The third-order valence-corrected chi connectivity index (χ3v) is 3.90. The van der Waals surface area contributed by atoms with Gasteiger partial charge in [0.05, 0.1) is 0 Å². The minimum absolute atomic E-state index is 0.493. The Morgan fingerprint density at radius 3 is 2.08 bits per heavy atom. The fraction of sp³-hybridized carbons (Fsp3) is 1.00. The lowest BCUT2D eigenvalue weighted by molar-refractivity contribution is 0.108. The Kier molecular flexibility index (Phi) is 6.59. The van der Waals surface area contributed by atoms with Gasteiger partial charge >= 0.3 is 8.80 Å². The monoisotopic (exact) mass is 193 g/mol. The first-order chi connectivity index (χ1) is 5.68. The van der Waals surface area contributed by atoms with E-state index in [-0.39, 0.29) is 0 Å². The van der Waals surface area contributed by atoms with Crippen LogP contribution < -0.4 is 5.73 Å². The summed E-state index contributed by atoms with van der Waals surface area (Å²) in [4.78, 5) is 9.78. The summed E-state index contributed by atoms with van der Waals surface area (Å²) in [5, 5.41) is 0. The Bertz CT molecular complexity index is 107. The molecule has 0 amide bonds. The summed E-state index contributed by atoms with van der Waals surface area (Å²) in [5.74, 6) is 0. The van der Waals surface area contributed by atoms with Crippen LogP contribution in [0.5, 0.6) is 0 Å². The van der Waals surface area contributed by atoms with E-state index < -0.39 is 8.80 Å². The lowest BCUT2D eigenvalue weighted by Crippen LogP contribution is -2.42. The highest BCUT2D eigenvalue weighted by atomic mass is 28.4. The van der Waals surface area contributed by atoms with Gasteiger partial charge in [-0.3, -0.25) is 0 Å². The minimum Gasteiger partial charge on any atom is -0.390 e. The molecule has 4 nitrogen and oxygen atoms in total. The Morgan fingerprint density at radius 1 is 1.25 bits per heavy atom. The van der Waals surface area contributed by atoms with Gasteiger partial charge in [0.2, 0.25) is 0 Å². The molecule has 0 aliphatic rings. The van der Waals surface area contributed by atoms with Crippen LogP contribution in [-0.2, 0) is 8.85 Å². The van der Waals surface area contributed by atoms with Gasteiger partial charge in [0.15, 0.2) is 0 Å². The van der Waals surface area contributed by atoms with Crippen molar-refractivity contribution in [2.75, 3.05) is 19.8 Å². The average Bonchev–Trinajstić information content (AvgIpc) is 2.02. The number of rotatable bonds is 7. The summed E-state index contributed by atoms with van der Waals surface area (Å²) in [6.07, 6.45) is 0.753. The van der Waals surface area contributed by atoms with Gasteiger partial charge in [-0.2, -0.15) is 0 Å². The molecule has 74 valence electrons. The molecule has 0 spiro atoms. The summed E-state index contributed by atoms with van der Waals surface area (Å²) >= 11 is 0. The van der Waals surface area contributed by atoms with Crippen molar-refractivity contribution in [1.29, 1.82) is 0 Å². The van der Waals surface area contributed by atoms with E-state index in [4.69, 9.17) is 14.6 Å². The maximum Gasteiger partial charge on any atom is 0.498 e. The van der Waals surface area contributed by atoms with Gasteiger partial charge in [0, 0.05) is 19.3 Å². The Balaban J connectivity index is 3.80. The lowest BCUT2D eigenvalue weighted by Gasteiger charge is -2.22. The molecule has 0 atom stereocenters. The number of hydrogen-bond donors (Lipinski definition) is 2. The van der Waals surface area contributed by atoms with Gasteiger partial charge in [-0.05, 0) is 26.8 Å². The standard InChI is InChI=1S/C7H19NO3Si/c1-3-10-12(9,11-4-2)7-5-6-8/h9H,3-8H2,1-2H3. The highest BCUT2D eigenvalue weighted by Gasteiger charge is 2.34. The van der Waals surface area contributed by atoms with Crippen LogP contribution in [0.1, 0.15) is 20.3 Å². The van der Waals surface area contributed by atoms with Crippen molar-refractivity contribution >= 4 is 8.80 Å². The molecule has 3 N–H and O–H groups in total. The van der Waals surface area contributed by atoms with Crippen LogP contribution in [0.25, 0.3) is 0 Å². The van der Waals surface area contributed by atoms with Gasteiger partial charge in [-0.15, -0.1) is 0 Å². The van der Waals surface area contributed by atoms with Gasteiger partial charge in [-0.1, -0.05) is 0 Å². The van der Waals surface area contributed by atoms with E-state index in [1.54, 1.807) is 0 Å². The molecule has 0 unspecified atom stereocenters. The van der Waals surface area contributed by atoms with E-state index in [1.165, 1.54) is 0 Å². The SMILES string of the molecule is CCO[Si](O)(CCCN)OCC. The number of nitrogens with two attached hydrogens (primary N) is 1. The second-order valence-corrected chi connectivity index (χ2v) is 4.97. The molecule has 0 bridgehead atoms.